The van der Waals surface area contributed by atoms with E-state index in [1.807, 2.05) is 13.0 Å². The summed E-state index contributed by atoms with van der Waals surface area (Å²) in [6, 6.07) is 10.5. The first kappa shape index (κ1) is 11.1. The maximum absolute atomic E-state index is 11.8. The highest BCUT2D eigenvalue weighted by Gasteiger charge is 2.06. The Kier molecular flexibility index (Phi) is 3.05. The van der Waals surface area contributed by atoms with Gasteiger partial charge in [0.1, 0.15) is 5.82 Å². The SMILES string of the molecule is Cc1ccc(NC(=O)c2cccc(N)c2)nc1. The second-order valence-electron chi connectivity index (χ2n) is 3.80. The third-order valence-electron chi connectivity index (χ3n) is 2.30. The lowest BCUT2D eigenvalue weighted by Crippen LogP contribution is -2.13. The van der Waals surface area contributed by atoms with Crippen molar-refractivity contribution in [1.82, 2.24) is 4.98 Å². The number of hydrogen-bond acceptors (Lipinski definition) is 3. The minimum absolute atomic E-state index is 0.214. The highest BCUT2D eigenvalue weighted by atomic mass is 16.1. The Bertz CT molecular complexity index is 535. The number of carbonyl (C=O) groups excluding carboxylic acids is 1. The monoisotopic (exact) mass is 227 g/mol. The van der Waals surface area contributed by atoms with Crippen LogP contribution in [0.3, 0.4) is 0 Å². The fourth-order valence-electron chi connectivity index (χ4n) is 1.41. The number of aryl methyl sites for hydroxylation is 1. The molecule has 0 atom stereocenters. The molecule has 4 nitrogen and oxygen atoms in total. The van der Waals surface area contributed by atoms with E-state index in [1.54, 1.807) is 36.5 Å². The largest absolute Gasteiger partial charge is 0.399 e. The summed E-state index contributed by atoms with van der Waals surface area (Å²) in [5, 5.41) is 2.71. The van der Waals surface area contributed by atoms with Gasteiger partial charge < -0.3 is 11.1 Å². The zero-order valence-electron chi connectivity index (χ0n) is 9.47. The Labute approximate surface area is 99.5 Å². The number of nitrogens with one attached hydrogen (secondary N) is 1. The summed E-state index contributed by atoms with van der Waals surface area (Å²) in [4.78, 5) is 15.9. The molecule has 2 rings (SSSR count). The topological polar surface area (TPSA) is 68.0 Å². The lowest BCUT2D eigenvalue weighted by molar-refractivity contribution is 0.102. The second-order valence-corrected chi connectivity index (χ2v) is 3.80. The summed E-state index contributed by atoms with van der Waals surface area (Å²) in [7, 11) is 0. The highest BCUT2D eigenvalue weighted by Crippen LogP contribution is 2.10. The maximum atomic E-state index is 11.8. The molecule has 0 saturated carbocycles. The fraction of sp³-hybridized carbons (Fsp3) is 0.0769. The zero-order valence-corrected chi connectivity index (χ0v) is 9.47. The third-order valence-corrected chi connectivity index (χ3v) is 2.30. The van der Waals surface area contributed by atoms with Crippen molar-refractivity contribution >= 4 is 17.4 Å². The van der Waals surface area contributed by atoms with Crippen molar-refractivity contribution in [1.29, 1.82) is 0 Å². The number of hydrogen-bond donors (Lipinski definition) is 2. The average Bonchev–Trinajstić information content (AvgIpc) is 2.32. The number of amides is 1. The number of nitrogens with zero attached hydrogens (tertiary/aromatic N) is 1. The summed E-state index contributed by atoms with van der Waals surface area (Å²) < 4.78 is 0. The van der Waals surface area contributed by atoms with Crippen molar-refractivity contribution in [3.63, 3.8) is 0 Å². The third kappa shape index (κ3) is 2.81. The molecule has 3 N–H and O–H groups in total. The number of pyridine rings is 1. The first-order chi connectivity index (χ1) is 8.15. The fourth-order valence-corrected chi connectivity index (χ4v) is 1.41. The molecule has 0 saturated heterocycles. The Morgan fingerprint density at radius 3 is 2.76 bits per heavy atom. The van der Waals surface area contributed by atoms with Crippen LogP contribution in [0.5, 0.6) is 0 Å². The van der Waals surface area contributed by atoms with E-state index in [-0.39, 0.29) is 5.91 Å². The Morgan fingerprint density at radius 2 is 2.12 bits per heavy atom. The van der Waals surface area contributed by atoms with Gasteiger partial charge >= 0.3 is 0 Å². The molecule has 1 aromatic heterocycles. The van der Waals surface area contributed by atoms with Crippen molar-refractivity contribution in [3.05, 3.63) is 53.7 Å². The normalized spacial score (nSPS) is 9.94. The number of anilines is 2. The first-order valence-electron chi connectivity index (χ1n) is 5.25. The Morgan fingerprint density at radius 1 is 1.29 bits per heavy atom. The molecule has 0 spiro atoms. The van der Waals surface area contributed by atoms with E-state index in [1.165, 1.54) is 0 Å². The minimum atomic E-state index is -0.214. The number of carbonyl (C=O) groups is 1. The van der Waals surface area contributed by atoms with Gasteiger partial charge in [-0.2, -0.15) is 0 Å². The highest BCUT2D eigenvalue weighted by molar-refractivity contribution is 6.04. The molecule has 86 valence electrons. The molecule has 0 bridgehead atoms. The van der Waals surface area contributed by atoms with E-state index in [9.17, 15) is 4.79 Å². The van der Waals surface area contributed by atoms with Crippen molar-refractivity contribution in [2.24, 2.45) is 0 Å². The van der Waals surface area contributed by atoms with Crippen LogP contribution in [0.25, 0.3) is 0 Å². The van der Waals surface area contributed by atoms with E-state index in [2.05, 4.69) is 10.3 Å². The van der Waals surface area contributed by atoms with E-state index in [0.29, 0.717) is 17.1 Å². The van der Waals surface area contributed by atoms with Crippen LogP contribution in [0.2, 0.25) is 0 Å². The van der Waals surface area contributed by atoms with Crippen LogP contribution in [0, 0.1) is 6.92 Å². The van der Waals surface area contributed by atoms with Crippen molar-refractivity contribution in [3.8, 4) is 0 Å². The lowest BCUT2D eigenvalue weighted by Gasteiger charge is -2.05. The molecule has 17 heavy (non-hydrogen) atoms. The average molecular weight is 227 g/mol. The van der Waals surface area contributed by atoms with E-state index >= 15 is 0 Å². The standard InChI is InChI=1S/C13H13N3O/c1-9-5-6-12(15-8-9)16-13(17)10-3-2-4-11(14)7-10/h2-8H,14H2,1H3,(H,15,16,17). The molecule has 1 aromatic carbocycles. The number of benzene rings is 1. The molecule has 0 aliphatic rings. The van der Waals surface area contributed by atoms with Gasteiger partial charge in [-0.25, -0.2) is 4.98 Å². The van der Waals surface area contributed by atoms with Gasteiger partial charge in [0.05, 0.1) is 0 Å². The van der Waals surface area contributed by atoms with Gasteiger partial charge in [0.2, 0.25) is 0 Å². The predicted molar refractivity (Wildman–Crippen MR) is 67.8 cm³/mol. The van der Waals surface area contributed by atoms with Crippen molar-refractivity contribution in [2.75, 3.05) is 11.1 Å². The quantitative estimate of drug-likeness (QED) is 0.773. The van der Waals surface area contributed by atoms with Crippen LogP contribution in [-0.2, 0) is 0 Å². The molecular formula is C13H13N3O. The molecule has 0 aliphatic heterocycles. The summed E-state index contributed by atoms with van der Waals surface area (Å²) >= 11 is 0. The van der Waals surface area contributed by atoms with Gasteiger partial charge in [-0.15, -0.1) is 0 Å². The van der Waals surface area contributed by atoms with Gasteiger partial charge in [0.15, 0.2) is 0 Å². The van der Waals surface area contributed by atoms with Crippen LogP contribution >= 0.6 is 0 Å². The van der Waals surface area contributed by atoms with E-state index in [0.717, 1.165) is 5.56 Å². The number of aromatic nitrogens is 1. The second kappa shape index (κ2) is 4.65. The van der Waals surface area contributed by atoms with Crippen LogP contribution in [0.1, 0.15) is 15.9 Å². The van der Waals surface area contributed by atoms with E-state index < -0.39 is 0 Å². The van der Waals surface area contributed by atoms with Crippen molar-refractivity contribution < 1.29 is 4.79 Å². The number of nitrogens with two attached hydrogens (primary N) is 1. The van der Waals surface area contributed by atoms with Gasteiger partial charge in [0.25, 0.3) is 5.91 Å². The van der Waals surface area contributed by atoms with Gasteiger partial charge in [-0.1, -0.05) is 12.1 Å². The molecule has 1 amide bonds. The Balaban J connectivity index is 2.14. The molecule has 2 aromatic rings. The summed E-state index contributed by atoms with van der Waals surface area (Å²) in [6.45, 7) is 1.94. The molecule has 0 unspecified atom stereocenters. The van der Waals surface area contributed by atoms with E-state index in [4.69, 9.17) is 5.73 Å². The Hall–Kier alpha value is -2.36. The summed E-state index contributed by atoms with van der Waals surface area (Å²) in [5.74, 6) is 0.316. The number of rotatable bonds is 2. The minimum Gasteiger partial charge on any atom is -0.399 e. The molecule has 0 radical (unpaired) electrons. The molecule has 4 heteroatoms. The molecular weight excluding hydrogens is 214 g/mol. The van der Waals surface area contributed by atoms with Crippen LogP contribution in [0.15, 0.2) is 42.6 Å². The maximum Gasteiger partial charge on any atom is 0.256 e. The summed E-state index contributed by atoms with van der Waals surface area (Å²) in [5.41, 5.74) is 7.75. The zero-order chi connectivity index (χ0) is 12.3. The van der Waals surface area contributed by atoms with Gasteiger partial charge in [-0.3, -0.25) is 4.79 Å². The smallest absolute Gasteiger partial charge is 0.256 e. The molecule has 0 aliphatic carbocycles. The lowest BCUT2D eigenvalue weighted by atomic mass is 10.2. The van der Waals surface area contributed by atoms with Crippen LogP contribution in [0.4, 0.5) is 11.5 Å². The predicted octanol–water partition coefficient (Wildman–Crippen LogP) is 2.22. The number of nitrogen functional groups attached to an aromatic ring is 1. The van der Waals surface area contributed by atoms with Gasteiger partial charge in [-0.05, 0) is 36.8 Å². The first-order valence-corrected chi connectivity index (χ1v) is 5.25. The van der Waals surface area contributed by atoms with Gasteiger partial charge in [0, 0.05) is 17.4 Å². The van der Waals surface area contributed by atoms with Crippen molar-refractivity contribution in [2.45, 2.75) is 6.92 Å². The molecule has 1 heterocycles. The molecule has 0 fully saturated rings. The van der Waals surface area contributed by atoms with Crippen LogP contribution in [-0.4, -0.2) is 10.9 Å². The summed E-state index contributed by atoms with van der Waals surface area (Å²) in [6.07, 6.45) is 1.70. The van der Waals surface area contributed by atoms with Crippen LogP contribution < -0.4 is 11.1 Å².